The van der Waals surface area contributed by atoms with Gasteiger partial charge in [0.25, 0.3) is 0 Å². The van der Waals surface area contributed by atoms with Crippen LogP contribution in [0.2, 0.25) is 0 Å². The Kier molecular flexibility index (Phi) is 4.11. The van der Waals surface area contributed by atoms with Crippen LogP contribution in [0.3, 0.4) is 0 Å². The highest BCUT2D eigenvalue weighted by Gasteiger charge is 2.48. The highest BCUT2D eigenvalue weighted by molar-refractivity contribution is 5.86. The predicted molar refractivity (Wildman–Crippen MR) is 70.5 cm³/mol. The number of nitrogens with one attached hydrogen (secondary N) is 2. The molecule has 1 fully saturated rings. The molecule has 1 aromatic carbocycles. The summed E-state index contributed by atoms with van der Waals surface area (Å²) in [7, 11) is 0. The van der Waals surface area contributed by atoms with E-state index in [-0.39, 0.29) is 18.0 Å². The normalized spacial score (nSPS) is 16.9. The minimum absolute atomic E-state index is 0.00593. The molecule has 21 heavy (non-hydrogen) atoms. The van der Waals surface area contributed by atoms with E-state index in [1.807, 2.05) is 0 Å². The van der Waals surface area contributed by atoms with E-state index in [1.165, 1.54) is 6.92 Å². The molecular formula is C14H16F2N2O3. The Morgan fingerprint density at radius 2 is 2.05 bits per heavy atom. The van der Waals surface area contributed by atoms with E-state index in [2.05, 4.69) is 10.6 Å². The first kappa shape index (κ1) is 15.2. The van der Waals surface area contributed by atoms with Crippen molar-refractivity contribution in [2.24, 2.45) is 5.92 Å². The number of urea groups is 1. The van der Waals surface area contributed by atoms with Crippen molar-refractivity contribution in [1.29, 1.82) is 0 Å². The number of carbonyl (C=O) groups excluding carboxylic acids is 1. The molecule has 0 saturated heterocycles. The molecule has 7 heteroatoms. The van der Waals surface area contributed by atoms with Crippen LogP contribution in [-0.2, 0) is 11.3 Å². The molecule has 1 unspecified atom stereocenters. The van der Waals surface area contributed by atoms with Gasteiger partial charge in [0.15, 0.2) is 0 Å². The first-order valence-corrected chi connectivity index (χ1v) is 6.56. The van der Waals surface area contributed by atoms with Gasteiger partial charge in [-0.3, -0.25) is 0 Å². The van der Waals surface area contributed by atoms with Crippen LogP contribution < -0.4 is 10.6 Å². The Bertz CT molecular complexity index is 575. The summed E-state index contributed by atoms with van der Waals surface area (Å²) in [6.45, 7) is 1.21. The van der Waals surface area contributed by atoms with Crippen LogP contribution in [0.15, 0.2) is 18.2 Å². The maximum Gasteiger partial charge on any atom is 0.329 e. The SMILES string of the molecule is CC(NC(=O)NCc1cc(F)ccc1F)(C(=O)O)C1CC1. The van der Waals surface area contributed by atoms with Gasteiger partial charge >= 0.3 is 12.0 Å². The third-order valence-electron chi connectivity index (χ3n) is 3.66. The van der Waals surface area contributed by atoms with Gasteiger partial charge in [-0.1, -0.05) is 0 Å². The number of aliphatic carboxylic acids is 1. The summed E-state index contributed by atoms with van der Waals surface area (Å²) in [5.74, 6) is -2.47. The zero-order chi connectivity index (χ0) is 15.6. The molecule has 1 aliphatic rings. The zero-order valence-electron chi connectivity index (χ0n) is 11.5. The summed E-state index contributed by atoms with van der Waals surface area (Å²) < 4.78 is 26.4. The van der Waals surface area contributed by atoms with Crippen LogP contribution in [0.1, 0.15) is 25.3 Å². The number of hydrogen-bond acceptors (Lipinski definition) is 2. The van der Waals surface area contributed by atoms with E-state index < -0.39 is 29.2 Å². The summed E-state index contributed by atoms with van der Waals surface area (Å²) in [5.41, 5.74) is -1.35. The van der Waals surface area contributed by atoms with Crippen LogP contribution in [0.5, 0.6) is 0 Å². The van der Waals surface area contributed by atoms with Crippen molar-refractivity contribution in [3.05, 3.63) is 35.4 Å². The summed E-state index contributed by atoms with van der Waals surface area (Å²) >= 11 is 0. The third-order valence-corrected chi connectivity index (χ3v) is 3.66. The molecule has 1 aromatic rings. The molecular weight excluding hydrogens is 282 g/mol. The molecule has 0 heterocycles. The predicted octanol–water partition coefficient (Wildman–Crippen LogP) is 2.02. The van der Waals surface area contributed by atoms with Gasteiger partial charge in [-0.2, -0.15) is 0 Å². The van der Waals surface area contributed by atoms with Crippen LogP contribution in [0.25, 0.3) is 0 Å². The quantitative estimate of drug-likeness (QED) is 0.778. The molecule has 1 saturated carbocycles. The number of carboxylic acids is 1. The molecule has 0 aliphatic heterocycles. The number of benzene rings is 1. The average molecular weight is 298 g/mol. The maximum absolute atomic E-state index is 13.4. The third kappa shape index (κ3) is 3.48. The first-order chi connectivity index (χ1) is 9.83. The van der Waals surface area contributed by atoms with Crippen molar-refractivity contribution in [3.8, 4) is 0 Å². The van der Waals surface area contributed by atoms with E-state index in [9.17, 15) is 23.5 Å². The zero-order valence-corrected chi connectivity index (χ0v) is 11.5. The Balaban J connectivity index is 1.95. The monoisotopic (exact) mass is 298 g/mol. The Morgan fingerprint density at radius 3 is 2.62 bits per heavy atom. The number of carboxylic acid groups (broad SMARTS) is 1. The van der Waals surface area contributed by atoms with Crippen molar-refractivity contribution in [2.75, 3.05) is 0 Å². The number of hydrogen-bond donors (Lipinski definition) is 3. The fourth-order valence-electron chi connectivity index (χ4n) is 2.13. The summed E-state index contributed by atoms with van der Waals surface area (Å²) in [6.07, 6.45) is 1.48. The number of carbonyl (C=O) groups is 2. The average Bonchev–Trinajstić information content (AvgIpc) is 3.24. The molecule has 0 spiro atoms. The van der Waals surface area contributed by atoms with Crippen molar-refractivity contribution in [2.45, 2.75) is 31.8 Å². The van der Waals surface area contributed by atoms with Crippen molar-refractivity contribution >= 4 is 12.0 Å². The molecule has 1 aliphatic carbocycles. The standard InChI is InChI=1S/C14H16F2N2O3/c1-14(12(19)20,9-2-3-9)18-13(21)17-7-8-6-10(15)4-5-11(8)16/h4-6,9H,2-3,7H2,1H3,(H,19,20)(H2,17,18,21). The number of amides is 2. The van der Waals surface area contributed by atoms with Crippen molar-refractivity contribution < 1.29 is 23.5 Å². The lowest BCUT2D eigenvalue weighted by molar-refractivity contribution is -0.144. The van der Waals surface area contributed by atoms with Gasteiger partial charge < -0.3 is 15.7 Å². The summed E-state index contributed by atoms with van der Waals surface area (Å²) in [6, 6.07) is 2.20. The highest BCUT2D eigenvalue weighted by atomic mass is 19.1. The molecule has 3 N–H and O–H groups in total. The van der Waals surface area contributed by atoms with E-state index in [0.717, 1.165) is 31.0 Å². The second-order valence-electron chi connectivity index (χ2n) is 5.33. The lowest BCUT2D eigenvalue weighted by Crippen LogP contribution is -2.56. The van der Waals surface area contributed by atoms with Crippen LogP contribution in [-0.4, -0.2) is 22.6 Å². The molecule has 2 rings (SSSR count). The highest BCUT2D eigenvalue weighted by Crippen LogP contribution is 2.39. The van der Waals surface area contributed by atoms with Gasteiger partial charge in [-0.15, -0.1) is 0 Å². The second-order valence-corrected chi connectivity index (χ2v) is 5.33. The van der Waals surface area contributed by atoms with Crippen LogP contribution in [0.4, 0.5) is 13.6 Å². The van der Waals surface area contributed by atoms with E-state index in [0.29, 0.717) is 0 Å². The molecule has 114 valence electrons. The van der Waals surface area contributed by atoms with Gasteiger partial charge in [0, 0.05) is 12.1 Å². The summed E-state index contributed by atoms with van der Waals surface area (Å²) in [4.78, 5) is 23.0. The van der Waals surface area contributed by atoms with E-state index in [1.54, 1.807) is 0 Å². The molecule has 5 nitrogen and oxygen atoms in total. The lowest BCUT2D eigenvalue weighted by atomic mass is 9.96. The molecule has 0 radical (unpaired) electrons. The Labute approximate surface area is 120 Å². The molecule has 0 aromatic heterocycles. The molecule has 1 atom stereocenters. The van der Waals surface area contributed by atoms with Gasteiger partial charge in [-0.25, -0.2) is 18.4 Å². The van der Waals surface area contributed by atoms with Crippen molar-refractivity contribution in [3.63, 3.8) is 0 Å². The lowest BCUT2D eigenvalue weighted by Gasteiger charge is -2.26. The minimum atomic E-state index is -1.34. The van der Waals surface area contributed by atoms with Gasteiger partial charge in [-0.05, 0) is 43.9 Å². The van der Waals surface area contributed by atoms with E-state index >= 15 is 0 Å². The second kappa shape index (κ2) is 5.67. The van der Waals surface area contributed by atoms with Gasteiger partial charge in [0.1, 0.15) is 17.2 Å². The summed E-state index contributed by atoms with van der Waals surface area (Å²) in [5, 5.41) is 13.9. The Hall–Kier alpha value is -2.18. The van der Waals surface area contributed by atoms with Crippen LogP contribution >= 0.6 is 0 Å². The largest absolute Gasteiger partial charge is 0.480 e. The van der Waals surface area contributed by atoms with Gasteiger partial charge in [0.2, 0.25) is 0 Å². The van der Waals surface area contributed by atoms with E-state index in [4.69, 9.17) is 0 Å². The van der Waals surface area contributed by atoms with Gasteiger partial charge in [0.05, 0.1) is 0 Å². The fraction of sp³-hybridized carbons (Fsp3) is 0.429. The molecule has 2 amide bonds. The van der Waals surface area contributed by atoms with Crippen molar-refractivity contribution in [1.82, 2.24) is 10.6 Å². The first-order valence-electron chi connectivity index (χ1n) is 6.56. The minimum Gasteiger partial charge on any atom is -0.480 e. The maximum atomic E-state index is 13.4. The smallest absolute Gasteiger partial charge is 0.329 e. The Morgan fingerprint density at radius 1 is 1.38 bits per heavy atom. The van der Waals surface area contributed by atoms with Crippen LogP contribution in [0, 0.1) is 17.6 Å². The molecule has 0 bridgehead atoms. The topological polar surface area (TPSA) is 78.4 Å². The number of halogens is 2. The fourth-order valence-corrected chi connectivity index (χ4v) is 2.13. The number of rotatable bonds is 5.